The van der Waals surface area contributed by atoms with Gasteiger partial charge in [0.2, 0.25) is 5.82 Å². The predicted octanol–water partition coefficient (Wildman–Crippen LogP) is 6.51. The number of anilines is 1. The molecule has 2 heterocycles. The number of ether oxygens (including phenoxy) is 1. The summed E-state index contributed by atoms with van der Waals surface area (Å²) in [7, 11) is 0. The number of fused-ring (bicyclic) bond motifs is 2. The highest BCUT2D eigenvalue weighted by Crippen LogP contribution is 2.45. The van der Waals surface area contributed by atoms with Crippen molar-refractivity contribution in [2.75, 3.05) is 4.90 Å². The summed E-state index contributed by atoms with van der Waals surface area (Å²) in [4.78, 5) is 22.0. The Kier molecular flexibility index (Phi) is 5.74. The van der Waals surface area contributed by atoms with E-state index in [1.807, 2.05) is 47.4 Å². The summed E-state index contributed by atoms with van der Waals surface area (Å²) in [5.74, 6) is 1.02. The van der Waals surface area contributed by atoms with Gasteiger partial charge < -0.3 is 14.2 Å². The van der Waals surface area contributed by atoms with E-state index in [-0.39, 0.29) is 24.4 Å². The Hall–Kier alpha value is -3.65. The van der Waals surface area contributed by atoms with Gasteiger partial charge in [-0.05, 0) is 67.4 Å². The number of rotatable bonds is 5. The van der Waals surface area contributed by atoms with Gasteiger partial charge in [-0.25, -0.2) is 4.39 Å². The number of nitrogens with zero attached hydrogens (tertiary/aromatic N) is 3. The Balaban J connectivity index is 1.30. The van der Waals surface area contributed by atoms with E-state index >= 15 is 0 Å². The van der Waals surface area contributed by atoms with Crippen molar-refractivity contribution < 1.29 is 18.4 Å². The molecule has 0 unspecified atom stereocenters. The summed E-state index contributed by atoms with van der Waals surface area (Å²) in [6.45, 7) is 0.0790. The quantitative estimate of drug-likeness (QED) is 0.320. The van der Waals surface area contributed by atoms with Crippen LogP contribution in [0.4, 0.5) is 10.1 Å². The lowest BCUT2D eigenvalue weighted by atomic mass is 10.1. The minimum atomic E-state index is -0.325. The number of aromatic nitrogens is 2. The smallest absolute Gasteiger partial charge is 0.264 e. The first-order chi connectivity index (χ1) is 17.2. The third-order valence-corrected chi connectivity index (χ3v) is 7.49. The van der Waals surface area contributed by atoms with Crippen molar-refractivity contribution in [3.8, 4) is 17.1 Å². The van der Waals surface area contributed by atoms with Crippen LogP contribution in [0.3, 0.4) is 0 Å². The predicted molar refractivity (Wildman–Crippen MR) is 130 cm³/mol. The molecule has 6 nitrogen and oxygen atoms in total. The maximum absolute atomic E-state index is 13.6. The van der Waals surface area contributed by atoms with Gasteiger partial charge in [-0.2, -0.15) is 4.98 Å². The molecule has 35 heavy (non-hydrogen) atoms. The molecule has 3 aromatic carbocycles. The minimum absolute atomic E-state index is 0.0614. The Labute approximate surface area is 206 Å². The van der Waals surface area contributed by atoms with Gasteiger partial charge in [-0.1, -0.05) is 41.9 Å². The highest BCUT2D eigenvalue weighted by atomic mass is 32.2. The van der Waals surface area contributed by atoms with Crippen molar-refractivity contribution >= 4 is 23.4 Å². The summed E-state index contributed by atoms with van der Waals surface area (Å²) in [5, 5.41) is 4.13. The van der Waals surface area contributed by atoms with Crippen LogP contribution in [0.5, 0.6) is 5.75 Å². The maximum Gasteiger partial charge on any atom is 0.264 e. The summed E-state index contributed by atoms with van der Waals surface area (Å²) < 4.78 is 24.1. The molecule has 1 aliphatic carbocycles. The van der Waals surface area contributed by atoms with Crippen molar-refractivity contribution in [1.82, 2.24) is 10.1 Å². The molecule has 0 N–H and O–H groups in total. The standard InChI is InChI=1S/C27H22FN3O3S/c28-18-10-12-20(13-11-18)33-16-25-29-26(30-34-25)17-9-14-22-24(15-17)35-23-8-4-3-7-21(23)27(32)31(22)19-5-1-2-6-19/h3-4,7-15,19H,1-2,5-6,16H2. The molecule has 6 rings (SSSR count). The van der Waals surface area contributed by atoms with E-state index in [9.17, 15) is 9.18 Å². The van der Waals surface area contributed by atoms with E-state index in [1.165, 1.54) is 12.1 Å². The van der Waals surface area contributed by atoms with Gasteiger partial charge in [0.05, 0.1) is 11.3 Å². The average Bonchev–Trinajstić information content (AvgIpc) is 3.56. The molecule has 1 aliphatic heterocycles. The SMILES string of the molecule is O=C1c2ccccc2Sc2cc(-c3noc(COc4ccc(F)cc4)n3)ccc2N1C1CCCC1. The van der Waals surface area contributed by atoms with E-state index < -0.39 is 0 Å². The van der Waals surface area contributed by atoms with Crippen molar-refractivity contribution in [1.29, 1.82) is 0 Å². The van der Waals surface area contributed by atoms with Gasteiger partial charge in [-0.3, -0.25) is 4.79 Å². The van der Waals surface area contributed by atoms with Crippen LogP contribution in [0, 0.1) is 5.82 Å². The van der Waals surface area contributed by atoms with Crippen LogP contribution in [0.25, 0.3) is 11.4 Å². The van der Waals surface area contributed by atoms with Gasteiger partial charge in [0.25, 0.3) is 11.8 Å². The summed E-state index contributed by atoms with van der Waals surface area (Å²) in [5.41, 5.74) is 2.46. The molecular weight excluding hydrogens is 465 g/mol. The molecule has 1 saturated carbocycles. The summed E-state index contributed by atoms with van der Waals surface area (Å²) >= 11 is 1.59. The molecule has 1 amide bonds. The zero-order valence-electron chi connectivity index (χ0n) is 18.8. The molecule has 2 aliphatic rings. The number of benzene rings is 3. The number of carbonyl (C=O) groups is 1. The van der Waals surface area contributed by atoms with Crippen LogP contribution in [0.15, 0.2) is 81.0 Å². The van der Waals surface area contributed by atoms with E-state index in [2.05, 4.69) is 10.1 Å². The van der Waals surface area contributed by atoms with Crippen molar-refractivity contribution in [2.45, 2.75) is 48.1 Å². The zero-order chi connectivity index (χ0) is 23.8. The molecule has 0 saturated heterocycles. The largest absolute Gasteiger partial charge is 0.484 e. The van der Waals surface area contributed by atoms with E-state index in [4.69, 9.17) is 9.26 Å². The van der Waals surface area contributed by atoms with E-state index in [0.717, 1.165) is 52.3 Å². The van der Waals surface area contributed by atoms with Crippen molar-refractivity contribution in [2.24, 2.45) is 0 Å². The molecule has 8 heteroatoms. The second-order valence-corrected chi connectivity index (χ2v) is 9.73. The molecule has 0 radical (unpaired) electrons. The second kappa shape index (κ2) is 9.19. The topological polar surface area (TPSA) is 68.5 Å². The Morgan fingerprint density at radius 2 is 1.83 bits per heavy atom. The number of hydrogen-bond donors (Lipinski definition) is 0. The van der Waals surface area contributed by atoms with Crippen molar-refractivity contribution in [3.63, 3.8) is 0 Å². The maximum atomic E-state index is 13.6. The minimum Gasteiger partial charge on any atom is -0.484 e. The zero-order valence-corrected chi connectivity index (χ0v) is 19.6. The van der Waals surface area contributed by atoms with Crippen LogP contribution in [-0.4, -0.2) is 22.1 Å². The van der Waals surface area contributed by atoms with Crippen LogP contribution in [-0.2, 0) is 6.61 Å². The fourth-order valence-corrected chi connectivity index (χ4v) is 5.76. The number of halogens is 1. The molecule has 1 aromatic heterocycles. The molecule has 0 spiro atoms. The molecule has 0 atom stereocenters. The molecule has 176 valence electrons. The summed E-state index contributed by atoms with van der Waals surface area (Å²) in [6, 6.07) is 19.7. The first-order valence-electron chi connectivity index (χ1n) is 11.6. The number of carbonyl (C=O) groups excluding carboxylic acids is 1. The third-order valence-electron chi connectivity index (χ3n) is 6.37. The monoisotopic (exact) mass is 487 g/mol. The van der Waals surface area contributed by atoms with Gasteiger partial charge in [0, 0.05) is 21.4 Å². The van der Waals surface area contributed by atoms with Gasteiger partial charge in [0.1, 0.15) is 11.6 Å². The third kappa shape index (κ3) is 4.30. The fourth-order valence-electron chi connectivity index (χ4n) is 4.66. The highest BCUT2D eigenvalue weighted by molar-refractivity contribution is 7.99. The van der Waals surface area contributed by atoms with Crippen LogP contribution in [0.1, 0.15) is 41.9 Å². The first kappa shape index (κ1) is 21.9. The van der Waals surface area contributed by atoms with E-state index in [1.54, 1.807) is 23.9 Å². The highest BCUT2D eigenvalue weighted by Gasteiger charge is 2.34. The lowest BCUT2D eigenvalue weighted by Gasteiger charge is -2.29. The molecular formula is C27H22FN3O3S. The van der Waals surface area contributed by atoms with Crippen molar-refractivity contribution in [3.05, 3.63) is 84.0 Å². The van der Waals surface area contributed by atoms with E-state index in [0.29, 0.717) is 17.5 Å². The second-order valence-electron chi connectivity index (χ2n) is 8.65. The van der Waals surface area contributed by atoms with Crippen LogP contribution >= 0.6 is 11.8 Å². The average molecular weight is 488 g/mol. The normalized spacial score (nSPS) is 15.6. The Morgan fingerprint density at radius 3 is 2.66 bits per heavy atom. The van der Waals surface area contributed by atoms with Crippen LogP contribution < -0.4 is 9.64 Å². The Morgan fingerprint density at radius 1 is 1.03 bits per heavy atom. The summed E-state index contributed by atoms with van der Waals surface area (Å²) in [6.07, 6.45) is 4.31. The number of amides is 1. The van der Waals surface area contributed by atoms with Gasteiger partial charge in [-0.15, -0.1) is 0 Å². The lowest BCUT2D eigenvalue weighted by molar-refractivity contribution is 0.0974. The molecule has 1 fully saturated rings. The first-order valence-corrected chi connectivity index (χ1v) is 12.4. The lowest BCUT2D eigenvalue weighted by Crippen LogP contribution is -2.39. The Bertz CT molecular complexity index is 1380. The fraction of sp³-hybridized carbons (Fsp3) is 0.222. The van der Waals surface area contributed by atoms with Crippen LogP contribution in [0.2, 0.25) is 0 Å². The number of hydrogen-bond acceptors (Lipinski definition) is 6. The molecule has 0 bridgehead atoms. The van der Waals surface area contributed by atoms with Gasteiger partial charge >= 0.3 is 0 Å². The van der Waals surface area contributed by atoms with Gasteiger partial charge in [0.15, 0.2) is 6.61 Å². The molecule has 4 aromatic rings.